The summed E-state index contributed by atoms with van der Waals surface area (Å²) >= 11 is 0. The van der Waals surface area contributed by atoms with Crippen LogP contribution in [0.3, 0.4) is 0 Å². The van der Waals surface area contributed by atoms with Gasteiger partial charge >= 0.3 is 0 Å². The van der Waals surface area contributed by atoms with Crippen LogP contribution in [0.5, 0.6) is 11.5 Å². The molecule has 2 heterocycles. The lowest BCUT2D eigenvalue weighted by Crippen LogP contribution is -2.29. The Bertz CT molecular complexity index is 1230. The minimum Gasteiger partial charge on any atom is -0.507 e. The molecule has 33 heavy (non-hydrogen) atoms. The summed E-state index contributed by atoms with van der Waals surface area (Å²) in [6.07, 6.45) is 3.07. The van der Waals surface area contributed by atoms with Crippen LogP contribution in [0.1, 0.15) is 22.7 Å². The number of carbonyl (C=O) groups excluding carboxylic acids is 2. The Labute approximate surface area is 189 Å². The fourth-order valence-corrected chi connectivity index (χ4v) is 3.87. The van der Waals surface area contributed by atoms with Crippen molar-refractivity contribution in [2.75, 3.05) is 14.2 Å². The number of benzene rings is 2. The maximum absolute atomic E-state index is 14.0. The second-order valence-electron chi connectivity index (χ2n) is 7.40. The Morgan fingerprint density at radius 2 is 1.73 bits per heavy atom. The molecule has 1 N–H and O–H groups in total. The molecule has 0 radical (unpaired) electrons. The van der Waals surface area contributed by atoms with Gasteiger partial charge in [0.25, 0.3) is 11.7 Å². The Morgan fingerprint density at radius 3 is 2.36 bits per heavy atom. The van der Waals surface area contributed by atoms with Gasteiger partial charge in [-0.3, -0.25) is 14.6 Å². The molecular weight excluding hydrogens is 427 g/mol. The summed E-state index contributed by atoms with van der Waals surface area (Å²) in [6.45, 7) is 0.110. The molecule has 7 nitrogen and oxygen atoms in total. The van der Waals surface area contributed by atoms with Crippen LogP contribution in [0.15, 0.2) is 72.6 Å². The second kappa shape index (κ2) is 9.12. The van der Waals surface area contributed by atoms with Gasteiger partial charge in [0.1, 0.15) is 23.1 Å². The molecule has 0 spiro atoms. The molecule has 1 amide bonds. The molecule has 1 aliphatic rings. The van der Waals surface area contributed by atoms with E-state index in [9.17, 15) is 19.1 Å². The van der Waals surface area contributed by atoms with Crippen LogP contribution in [0.4, 0.5) is 4.39 Å². The van der Waals surface area contributed by atoms with Crippen LogP contribution in [-0.2, 0) is 16.1 Å². The van der Waals surface area contributed by atoms with Gasteiger partial charge in [-0.25, -0.2) is 4.39 Å². The Morgan fingerprint density at radius 1 is 1.03 bits per heavy atom. The normalized spacial score (nSPS) is 17.3. The molecule has 168 valence electrons. The van der Waals surface area contributed by atoms with Gasteiger partial charge in [-0.2, -0.15) is 0 Å². The number of Topliss-reactive ketones (excluding diaryl/α,β-unsaturated/α-hetero) is 1. The predicted octanol–water partition coefficient (Wildman–Crippen LogP) is 3.86. The summed E-state index contributed by atoms with van der Waals surface area (Å²) in [5.74, 6) is -1.94. The van der Waals surface area contributed by atoms with Crippen LogP contribution >= 0.6 is 0 Å². The van der Waals surface area contributed by atoms with Gasteiger partial charge in [0.15, 0.2) is 0 Å². The number of hydrogen-bond donors (Lipinski definition) is 1. The summed E-state index contributed by atoms with van der Waals surface area (Å²) < 4.78 is 24.4. The molecule has 0 aliphatic carbocycles. The van der Waals surface area contributed by atoms with Gasteiger partial charge in [0.05, 0.1) is 31.4 Å². The van der Waals surface area contributed by atoms with Gasteiger partial charge < -0.3 is 19.5 Å². The second-order valence-corrected chi connectivity index (χ2v) is 7.40. The molecule has 8 heteroatoms. The number of amides is 1. The number of pyridine rings is 1. The number of rotatable bonds is 6. The first kappa shape index (κ1) is 22.0. The highest BCUT2D eigenvalue weighted by molar-refractivity contribution is 6.46. The number of hydrogen-bond acceptors (Lipinski definition) is 6. The zero-order valence-electron chi connectivity index (χ0n) is 18.0. The Hall–Kier alpha value is -4.20. The maximum atomic E-state index is 14.0. The minimum absolute atomic E-state index is 0.0148. The summed E-state index contributed by atoms with van der Waals surface area (Å²) in [7, 11) is 2.92. The highest BCUT2D eigenvalue weighted by Gasteiger charge is 2.46. The lowest BCUT2D eigenvalue weighted by atomic mass is 9.95. The molecule has 0 bridgehead atoms. The van der Waals surface area contributed by atoms with E-state index in [0.717, 1.165) is 11.6 Å². The summed E-state index contributed by atoms with van der Waals surface area (Å²) in [4.78, 5) is 31.6. The third-order valence-electron chi connectivity index (χ3n) is 5.49. The molecule has 1 aliphatic heterocycles. The Kier molecular flexibility index (Phi) is 6.08. The van der Waals surface area contributed by atoms with Crippen LogP contribution in [0.2, 0.25) is 0 Å². The van der Waals surface area contributed by atoms with Gasteiger partial charge in [-0.1, -0.05) is 12.1 Å². The van der Waals surface area contributed by atoms with Crippen LogP contribution < -0.4 is 9.47 Å². The van der Waals surface area contributed by atoms with E-state index in [-0.39, 0.29) is 23.4 Å². The van der Waals surface area contributed by atoms with E-state index in [1.54, 1.807) is 43.5 Å². The van der Waals surface area contributed by atoms with Gasteiger partial charge in [-0.05, 0) is 53.6 Å². The molecule has 2 aromatic carbocycles. The van der Waals surface area contributed by atoms with Crippen molar-refractivity contribution < 1.29 is 28.6 Å². The summed E-state index contributed by atoms with van der Waals surface area (Å²) in [5, 5.41) is 11.1. The van der Waals surface area contributed by atoms with Crippen molar-refractivity contribution in [1.82, 2.24) is 9.88 Å². The zero-order chi connectivity index (χ0) is 23.5. The number of aliphatic hydroxyl groups excluding tert-OH is 1. The van der Waals surface area contributed by atoms with E-state index in [1.807, 2.05) is 0 Å². The number of halogens is 1. The quantitative estimate of drug-likeness (QED) is 0.350. The SMILES string of the molecule is COc1ccc(CN2C(=O)C(=O)/C(=C(/O)c3cc(F)ccc3OC)C2c2ccncc2)cc1. The van der Waals surface area contributed by atoms with Crippen molar-refractivity contribution in [3.63, 3.8) is 0 Å². The van der Waals surface area contributed by atoms with Crippen molar-refractivity contribution in [3.05, 3.63) is 95.1 Å². The fraction of sp³-hybridized carbons (Fsp3) is 0.160. The molecule has 1 fully saturated rings. The van der Waals surface area contributed by atoms with E-state index in [4.69, 9.17) is 9.47 Å². The number of ketones is 1. The number of likely N-dealkylation sites (tertiary alicyclic amines) is 1. The average Bonchev–Trinajstić information content (AvgIpc) is 3.09. The average molecular weight is 448 g/mol. The first-order valence-corrected chi connectivity index (χ1v) is 10.1. The topological polar surface area (TPSA) is 89.0 Å². The first-order valence-electron chi connectivity index (χ1n) is 10.1. The van der Waals surface area contributed by atoms with Crippen LogP contribution in [-0.4, -0.2) is 40.9 Å². The highest BCUT2D eigenvalue weighted by atomic mass is 19.1. The third-order valence-corrected chi connectivity index (χ3v) is 5.49. The van der Waals surface area contributed by atoms with E-state index in [0.29, 0.717) is 11.3 Å². The Balaban J connectivity index is 1.86. The molecule has 0 saturated carbocycles. The predicted molar refractivity (Wildman–Crippen MR) is 118 cm³/mol. The van der Waals surface area contributed by atoms with Crippen LogP contribution in [0, 0.1) is 5.82 Å². The lowest BCUT2D eigenvalue weighted by molar-refractivity contribution is -0.140. The summed E-state index contributed by atoms with van der Waals surface area (Å²) in [5.41, 5.74) is 1.18. The van der Waals surface area contributed by atoms with Crippen LogP contribution in [0.25, 0.3) is 5.76 Å². The van der Waals surface area contributed by atoms with E-state index in [1.165, 1.54) is 36.5 Å². The molecule has 1 unspecified atom stereocenters. The standard InChI is InChI=1S/C25H21FN2O5/c1-32-18-6-3-15(4-7-18)14-28-22(16-9-11-27-12-10-16)21(24(30)25(28)31)23(29)19-13-17(26)5-8-20(19)33-2/h3-13,22,29H,14H2,1-2H3/b23-21+. The van der Waals surface area contributed by atoms with Crippen molar-refractivity contribution in [2.24, 2.45) is 0 Å². The molecule has 1 saturated heterocycles. The molecular formula is C25H21FN2O5. The minimum atomic E-state index is -0.900. The largest absolute Gasteiger partial charge is 0.507 e. The fourth-order valence-electron chi connectivity index (χ4n) is 3.87. The lowest BCUT2D eigenvalue weighted by Gasteiger charge is -2.25. The monoisotopic (exact) mass is 448 g/mol. The van der Waals surface area contributed by atoms with Gasteiger partial charge in [-0.15, -0.1) is 0 Å². The van der Waals surface area contributed by atoms with E-state index < -0.39 is 29.3 Å². The number of aromatic nitrogens is 1. The molecule has 4 rings (SSSR count). The third kappa shape index (κ3) is 4.15. The maximum Gasteiger partial charge on any atom is 0.295 e. The van der Waals surface area contributed by atoms with Crippen molar-refractivity contribution in [3.8, 4) is 11.5 Å². The number of nitrogens with zero attached hydrogens (tertiary/aromatic N) is 2. The van der Waals surface area contributed by atoms with E-state index in [2.05, 4.69) is 4.98 Å². The number of carbonyl (C=O) groups is 2. The van der Waals surface area contributed by atoms with Gasteiger partial charge in [0.2, 0.25) is 0 Å². The van der Waals surface area contributed by atoms with Crippen molar-refractivity contribution >= 4 is 17.4 Å². The molecule has 1 aromatic heterocycles. The number of aliphatic hydroxyl groups is 1. The molecule has 3 aromatic rings. The van der Waals surface area contributed by atoms with Crippen molar-refractivity contribution in [2.45, 2.75) is 12.6 Å². The number of methoxy groups -OCH3 is 2. The summed E-state index contributed by atoms with van der Waals surface area (Å²) in [6, 6.07) is 13.1. The van der Waals surface area contributed by atoms with Gasteiger partial charge in [0, 0.05) is 18.9 Å². The molecule has 1 atom stereocenters. The van der Waals surface area contributed by atoms with E-state index >= 15 is 0 Å². The number of ether oxygens (including phenoxy) is 2. The van der Waals surface area contributed by atoms with Crippen molar-refractivity contribution in [1.29, 1.82) is 0 Å². The highest BCUT2D eigenvalue weighted by Crippen LogP contribution is 2.41. The smallest absolute Gasteiger partial charge is 0.295 e. The first-order chi connectivity index (χ1) is 15.9. The zero-order valence-corrected chi connectivity index (χ0v) is 18.0.